The molecule has 0 bridgehead atoms. The molecule has 0 aromatic heterocycles. The fraction of sp³-hybridized carbons (Fsp3) is 1.00. The minimum atomic E-state index is -0.754. The second-order valence-corrected chi connectivity index (χ2v) is 2.51. The Labute approximate surface area is 71.6 Å². The number of hydrogen-bond acceptors (Lipinski definition) is 3. The molecule has 0 aliphatic rings. The maximum atomic E-state index is 5.36. The molecule has 11 heavy (non-hydrogen) atoms. The third-order valence-corrected chi connectivity index (χ3v) is 2.09. The van der Waals surface area contributed by atoms with E-state index < -0.39 is 5.97 Å². The van der Waals surface area contributed by atoms with Gasteiger partial charge in [-0.15, -0.1) is 0 Å². The van der Waals surface area contributed by atoms with Gasteiger partial charge in [0, 0.05) is 19.6 Å². The molecular weight excluding hydrogens is 160 g/mol. The van der Waals surface area contributed by atoms with Crippen LogP contribution in [0.5, 0.6) is 0 Å². The molecule has 3 nitrogen and oxygen atoms in total. The highest BCUT2D eigenvalue weighted by Crippen LogP contribution is 2.17. The SMILES string of the molecule is CCOC(CC)(O[SiH3])OCC. The predicted octanol–water partition coefficient (Wildman–Crippen LogP) is 0.420. The average Bonchev–Trinajstić information content (AvgIpc) is 2.04. The van der Waals surface area contributed by atoms with Gasteiger partial charge in [0.25, 0.3) is 5.97 Å². The number of hydrogen-bond donors (Lipinski definition) is 0. The van der Waals surface area contributed by atoms with Crippen LogP contribution in [0.1, 0.15) is 27.2 Å². The molecule has 0 heterocycles. The lowest BCUT2D eigenvalue weighted by Gasteiger charge is -2.30. The van der Waals surface area contributed by atoms with E-state index in [4.69, 9.17) is 13.9 Å². The zero-order valence-electron chi connectivity index (χ0n) is 7.85. The van der Waals surface area contributed by atoms with E-state index in [-0.39, 0.29) is 0 Å². The zero-order valence-corrected chi connectivity index (χ0v) is 9.85. The number of ether oxygens (including phenoxy) is 2. The molecule has 0 aliphatic carbocycles. The molecule has 0 fully saturated rings. The van der Waals surface area contributed by atoms with Gasteiger partial charge in [-0.05, 0) is 13.8 Å². The zero-order chi connectivity index (χ0) is 8.74. The molecule has 0 aliphatic heterocycles. The van der Waals surface area contributed by atoms with Crippen LogP contribution in [0.25, 0.3) is 0 Å². The van der Waals surface area contributed by atoms with Crippen LogP contribution >= 0.6 is 0 Å². The molecule has 0 atom stereocenters. The van der Waals surface area contributed by atoms with Crippen LogP contribution < -0.4 is 0 Å². The van der Waals surface area contributed by atoms with Crippen molar-refractivity contribution < 1.29 is 13.9 Å². The third kappa shape index (κ3) is 3.33. The third-order valence-electron chi connectivity index (χ3n) is 1.47. The van der Waals surface area contributed by atoms with Gasteiger partial charge in [0.1, 0.15) is 0 Å². The van der Waals surface area contributed by atoms with Gasteiger partial charge < -0.3 is 13.9 Å². The Balaban J connectivity index is 3.96. The molecule has 0 saturated heterocycles. The summed E-state index contributed by atoms with van der Waals surface area (Å²) in [5, 5.41) is 0. The van der Waals surface area contributed by atoms with E-state index >= 15 is 0 Å². The Bertz CT molecular complexity index is 85.7. The maximum absolute atomic E-state index is 5.36. The van der Waals surface area contributed by atoms with Gasteiger partial charge in [-0.1, -0.05) is 6.92 Å². The molecule has 0 aromatic carbocycles. The largest absolute Gasteiger partial charge is 0.380 e. The monoisotopic (exact) mass is 178 g/mol. The Morgan fingerprint density at radius 3 is 1.73 bits per heavy atom. The quantitative estimate of drug-likeness (QED) is 0.436. The van der Waals surface area contributed by atoms with Crippen molar-refractivity contribution in [3.05, 3.63) is 0 Å². The summed E-state index contributed by atoms with van der Waals surface area (Å²) < 4.78 is 16.0. The summed E-state index contributed by atoms with van der Waals surface area (Å²) in [7, 11) is 0.634. The van der Waals surface area contributed by atoms with E-state index in [1.807, 2.05) is 20.8 Å². The molecule has 0 saturated carbocycles. The molecular formula is C7H18O3Si. The second-order valence-electron chi connectivity index (χ2n) is 2.11. The highest BCUT2D eigenvalue weighted by molar-refractivity contribution is 5.98. The summed E-state index contributed by atoms with van der Waals surface area (Å²) in [4.78, 5) is 0. The fourth-order valence-corrected chi connectivity index (χ4v) is 1.47. The van der Waals surface area contributed by atoms with Crippen LogP contribution in [0.4, 0.5) is 0 Å². The van der Waals surface area contributed by atoms with Crippen molar-refractivity contribution in [3.63, 3.8) is 0 Å². The van der Waals surface area contributed by atoms with E-state index in [1.165, 1.54) is 0 Å². The first-order valence-corrected chi connectivity index (χ1v) is 4.89. The first-order chi connectivity index (χ1) is 5.24. The summed E-state index contributed by atoms with van der Waals surface area (Å²) in [5.41, 5.74) is 0. The van der Waals surface area contributed by atoms with Crippen LogP contribution in [0.15, 0.2) is 0 Å². The van der Waals surface area contributed by atoms with Gasteiger partial charge in [0.05, 0.1) is 0 Å². The molecule has 0 aromatic rings. The Kier molecular flexibility index (Phi) is 5.76. The summed E-state index contributed by atoms with van der Waals surface area (Å²) in [6.45, 7) is 7.10. The van der Waals surface area contributed by atoms with Gasteiger partial charge in [-0.2, -0.15) is 0 Å². The summed E-state index contributed by atoms with van der Waals surface area (Å²) in [5.74, 6) is -0.754. The molecule has 4 heteroatoms. The summed E-state index contributed by atoms with van der Waals surface area (Å²) >= 11 is 0. The minimum absolute atomic E-state index is 0.621. The van der Waals surface area contributed by atoms with Gasteiger partial charge in [0.15, 0.2) is 10.5 Å². The highest BCUT2D eigenvalue weighted by atomic mass is 28.2. The van der Waals surface area contributed by atoms with Crippen molar-refractivity contribution in [2.45, 2.75) is 33.2 Å². The van der Waals surface area contributed by atoms with Crippen LogP contribution in [-0.4, -0.2) is 29.7 Å². The molecule has 0 spiro atoms. The van der Waals surface area contributed by atoms with Crippen molar-refractivity contribution in [1.82, 2.24) is 0 Å². The van der Waals surface area contributed by atoms with Crippen molar-refractivity contribution in [3.8, 4) is 0 Å². The topological polar surface area (TPSA) is 27.7 Å². The molecule has 0 unspecified atom stereocenters. The van der Waals surface area contributed by atoms with Crippen molar-refractivity contribution in [2.75, 3.05) is 13.2 Å². The van der Waals surface area contributed by atoms with E-state index in [2.05, 4.69) is 0 Å². The molecule has 0 rings (SSSR count). The number of rotatable bonds is 6. The molecule has 68 valence electrons. The summed E-state index contributed by atoms with van der Waals surface area (Å²) in [6.07, 6.45) is 0.734. The van der Waals surface area contributed by atoms with Crippen LogP contribution in [0.3, 0.4) is 0 Å². The van der Waals surface area contributed by atoms with Gasteiger partial charge in [-0.3, -0.25) is 0 Å². The Hall–Kier alpha value is 0.0969. The van der Waals surface area contributed by atoms with Gasteiger partial charge >= 0.3 is 0 Å². The van der Waals surface area contributed by atoms with E-state index in [0.29, 0.717) is 23.7 Å². The van der Waals surface area contributed by atoms with E-state index in [0.717, 1.165) is 6.42 Å². The van der Waals surface area contributed by atoms with E-state index in [1.54, 1.807) is 0 Å². The maximum Gasteiger partial charge on any atom is 0.272 e. The second kappa shape index (κ2) is 5.71. The average molecular weight is 178 g/mol. The van der Waals surface area contributed by atoms with E-state index in [9.17, 15) is 0 Å². The smallest absolute Gasteiger partial charge is 0.272 e. The minimum Gasteiger partial charge on any atom is -0.380 e. The fourth-order valence-electron chi connectivity index (χ4n) is 0.948. The predicted molar refractivity (Wildman–Crippen MR) is 47.3 cm³/mol. The highest BCUT2D eigenvalue weighted by Gasteiger charge is 2.27. The van der Waals surface area contributed by atoms with Crippen LogP contribution in [0, 0.1) is 0 Å². The molecule has 0 radical (unpaired) electrons. The van der Waals surface area contributed by atoms with Crippen molar-refractivity contribution in [1.29, 1.82) is 0 Å². The van der Waals surface area contributed by atoms with Crippen LogP contribution in [0.2, 0.25) is 0 Å². The lowest BCUT2D eigenvalue weighted by atomic mass is 10.4. The standard InChI is InChI=1S/C7H18O3Si/c1-4-7(10-11,8-5-2)9-6-3/h4-6H2,1-3,11H3. The Morgan fingerprint density at radius 1 is 1.09 bits per heavy atom. The van der Waals surface area contributed by atoms with Crippen LogP contribution in [-0.2, 0) is 13.9 Å². The first kappa shape index (κ1) is 11.1. The lowest BCUT2D eigenvalue weighted by Crippen LogP contribution is -2.37. The normalized spacial score (nSPS) is 12.3. The summed E-state index contributed by atoms with van der Waals surface area (Å²) in [6, 6.07) is 0. The van der Waals surface area contributed by atoms with Crippen molar-refractivity contribution in [2.24, 2.45) is 0 Å². The molecule has 0 amide bonds. The first-order valence-electron chi connectivity index (χ1n) is 4.07. The lowest BCUT2D eigenvalue weighted by molar-refractivity contribution is -0.341. The Morgan fingerprint density at radius 2 is 1.55 bits per heavy atom. The van der Waals surface area contributed by atoms with Gasteiger partial charge in [0.2, 0.25) is 0 Å². The van der Waals surface area contributed by atoms with Gasteiger partial charge in [-0.25, -0.2) is 0 Å². The molecule has 0 N–H and O–H groups in total. The van der Waals surface area contributed by atoms with Crippen molar-refractivity contribution >= 4 is 10.5 Å².